The van der Waals surface area contributed by atoms with Crippen LogP contribution in [0, 0.1) is 0 Å². The molecule has 1 aliphatic heterocycles. The molecule has 0 unspecified atom stereocenters. The fourth-order valence-corrected chi connectivity index (χ4v) is 4.28. The summed E-state index contributed by atoms with van der Waals surface area (Å²) >= 11 is 1.65. The molecule has 0 N–H and O–H groups in total. The van der Waals surface area contributed by atoms with Crippen LogP contribution >= 0.6 is 11.3 Å². The fourth-order valence-electron chi connectivity index (χ4n) is 3.56. The number of fused-ring (bicyclic) bond motifs is 1. The molecule has 0 bridgehead atoms. The lowest BCUT2D eigenvalue weighted by atomic mass is 10.1. The van der Waals surface area contributed by atoms with Crippen LogP contribution in [0.1, 0.15) is 16.9 Å². The van der Waals surface area contributed by atoms with Gasteiger partial charge in [0.05, 0.1) is 12.2 Å². The number of nitrogens with zero attached hydrogens (tertiary/aromatic N) is 2. The molecule has 0 spiro atoms. The Morgan fingerprint density at radius 1 is 1.03 bits per heavy atom. The van der Waals surface area contributed by atoms with Gasteiger partial charge in [-0.2, -0.15) is 0 Å². The van der Waals surface area contributed by atoms with Gasteiger partial charge in [0.2, 0.25) is 5.91 Å². The zero-order valence-corrected chi connectivity index (χ0v) is 17.5. The highest BCUT2D eigenvalue weighted by Crippen LogP contribution is 2.31. The van der Waals surface area contributed by atoms with E-state index in [1.807, 2.05) is 58.8 Å². The van der Waals surface area contributed by atoms with Crippen molar-refractivity contribution in [2.45, 2.75) is 19.4 Å². The molecule has 1 aromatic heterocycles. The number of benzene rings is 2. The molecule has 0 fully saturated rings. The molecule has 2 heterocycles. The van der Waals surface area contributed by atoms with Gasteiger partial charge in [0.15, 0.2) is 6.61 Å². The van der Waals surface area contributed by atoms with E-state index in [9.17, 15) is 9.59 Å². The topological polar surface area (TPSA) is 49.9 Å². The highest BCUT2D eigenvalue weighted by Gasteiger charge is 2.26. The third-order valence-electron chi connectivity index (χ3n) is 5.15. The average Bonchev–Trinajstić information content (AvgIpc) is 3.29. The molecule has 1 aliphatic rings. The van der Waals surface area contributed by atoms with Crippen LogP contribution in [-0.2, 0) is 22.6 Å². The van der Waals surface area contributed by atoms with Gasteiger partial charge < -0.3 is 14.5 Å². The minimum absolute atomic E-state index is 0.0120. The molecule has 0 saturated carbocycles. The third-order valence-corrected chi connectivity index (χ3v) is 6.01. The van der Waals surface area contributed by atoms with Gasteiger partial charge >= 0.3 is 0 Å². The number of anilines is 1. The first-order chi connectivity index (χ1) is 14.7. The number of para-hydroxylation sites is 2. The predicted octanol–water partition coefficient (Wildman–Crippen LogP) is 4.14. The Morgan fingerprint density at radius 3 is 2.63 bits per heavy atom. The van der Waals surface area contributed by atoms with Crippen LogP contribution < -0.4 is 9.64 Å². The van der Waals surface area contributed by atoms with Gasteiger partial charge in [-0.05, 0) is 35.6 Å². The van der Waals surface area contributed by atoms with E-state index in [0.29, 0.717) is 25.4 Å². The van der Waals surface area contributed by atoms with Gasteiger partial charge in [0.25, 0.3) is 5.91 Å². The van der Waals surface area contributed by atoms with Gasteiger partial charge in [-0.25, -0.2) is 0 Å². The molecule has 5 nitrogen and oxygen atoms in total. The van der Waals surface area contributed by atoms with E-state index >= 15 is 0 Å². The molecular formula is C24H24N2O3S. The molecule has 2 aromatic carbocycles. The second-order valence-corrected chi connectivity index (χ2v) is 8.21. The molecule has 6 heteroatoms. The third kappa shape index (κ3) is 4.89. The number of amides is 2. The molecule has 0 aliphatic carbocycles. The Kier molecular flexibility index (Phi) is 6.44. The van der Waals surface area contributed by atoms with E-state index < -0.39 is 0 Å². The molecule has 154 valence electrons. The van der Waals surface area contributed by atoms with Crippen molar-refractivity contribution in [2.75, 3.05) is 24.6 Å². The van der Waals surface area contributed by atoms with E-state index in [2.05, 4.69) is 18.2 Å². The summed E-state index contributed by atoms with van der Waals surface area (Å²) in [4.78, 5) is 30.2. The Morgan fingerprint density at radius 2 is 1.83 bits per heavy atom. The van der Waals surface area contributed by atoms with E-state index in [0.717, 1.165) is 17.0 Å². The maximum absolute atomic E-state index is 13.1. The summed E-state index contributed by atoms with van der Waals surface area (Å²) in [5.41, 5.74) is 1.94. The van der Waals surface area contributed by atoms with Gasteiger partial charge in [0, 0.05) is 24.4 Å². The standard InChI is InChI=1S/C24H24N2O3S/c27-23(13-15-26-21-10-4-5-11-22(21)29-18-24(26)28)25(17-20-9-6-16-30-20)14-12-19-7-2-1-3-8-19/h1-11,16H,12-15,17-18H2. The normalized spacial score (nSPS) is 12.9. The van der Waals surface area contributed by atoms with E-state index in [1.165, 1.54) is 5.56 Å². The average molecular weight is 421 g/mol. The lowest BCUT2D eigenvalue weighted by molar-refractivity contribution is -0.131. The Labute approximate surface area is 180 Å². The predicted molar refractivity (Wildman–Crippen MR) is 119 cm³/mol. The summed E-state index contributed by atoms with van der Waals surface area (Å²) < 4.78 is 5.49. The van der Waals surface area contributed by atoms with Crippen LogP contribution in [0.25, 0.3) is 0 Å². The first-order valence-corrected chi connectivity index (χ1v) is 10.9. The second kappa shape index (κ2) is 9.59. The van der Waals surface area contributed by atoms with Crippen LogP contribution in [0.15, 0.2) is 72.1 Å². The van der Waals surface area contributed by atoms with Crippen molar-refractivity contribution in [3.63, 3.8) is 0 Å². The largest absolute Gasteiger partial charge is 0.482 e. The van der Waals surface area contributed by atoms with Crippen molar-refractivity contribution in [1.29, 1.82) is 0 Å². The van der Waals surface area contributed by atoms with Crippen LogP contribution in [-0.4, -0.2) is 36.4 Å². The molecule has 0 saturated heterocycles. The maximum Gasteiger partial charge on any atom is 0.265 e. The number of rotatable bonds is 8. The molecule has 0 atom stereocenters. The Hall–Kier alpha value is -3.12. The Balaban J connectivity index is 1.43. The number of carbonyl (C=O) groups excluding carboxylic acids is 2. The monoisotopic (exact) mass is 420 g/mol. The highest BCUT2D eigenvalue weighted by molar-refractivity contribution is 7.09. The zero-order chi connectivity index (χ0) is 20.8. The van der Waals surface area contributed by atoms with Crippen LogP contribution in [0.3, 0.4) is 0 Å². The summed E-state index contributed by atoms with van der Waals surface area (Å²) in [5.74, 6) is 0.621. The highest BCUT2D eigenvalue weighted by atomic mass is 32.1. The molecular weight excluding hydrogens is 396 g/mol. The van der Waals surface area contributed by atoms with E-state index in [4.69, 9.17) is 4.74 Å². The number of thiophene rings is 1. The second-order valence-electron chi connectivity index (χ2n) is 7.18. The summed E-state index contributed by atoms with van der Waals surface area (Å²) in [5, 5.41) is 2.03. The van der Waals surface area contributed by atoms with Crippen molar-refractivity contribution in [3.05, 3.63) is 82.6 Å². The number of hydrogen-bond acceptors (Lipinski definition) is 4. The van der Waals surface area contributed by atoms with Gasteiger partial charge in [-0.3, -0.25) is 9.59 Å². The minimum Gasteiger partial charge on any atom is -0.482 e. The first-order valence-electron chi connectivity index (χ1n) is 10.1. The zero-order valence-electron chi connectivity index (χ0n) is 16.7. The van der Waals surface area contributed by atoms with Crippen molar-refractivity contribution in [1.82, 2.24) is 4.90 Å². The summed E-state index contributed by atoms with van der Waals surface area (Å²) in [6, 6.07) is 21.7. The number of carbonyl (C=O) groups is 2. The molecule has 4 rings (SSSR count). The van der Waals surface area contributed by atoms with Crippen molar-refractivity contribution < 1.29 is 14.3 Å². The first kappa shape index (κ1) is 20.2. The summed E-state index contributed by atoms with van der Waals surface area (Å²) in [7, 11) is 0. The lowest BCUT2D eigenvalue weighted by Gasteiger charge is -2.30. The molecule has 0 radical (unpaired) electrons. The fraction of sp³-hybridized carbons (Fsp3) is 0.250. The van der Waals surface area contributed by atoms with Crippen LogP contribution in [0.2, 0.25) is 0 Å². The smallest absolute Gasteiger partial charge is 0.265 e. The van der Waals surface area contributed by atoms with Gasteiger partial charge in [-0.15, -0.1) is 11.3 Å². The minimum atomic E-state index is -0.115. The van der Waals surface area contributed by atoms with Crippen molar-refractivity contribution >= 4 is 28.8 Å². The van der Waals surface area contributed by atoms with Crippen LogP contribution in [0.4, 0.5) is 5.69 Å². The SMILES string of the molecule is O=C(CCN1C(=O)COc2ccccc21)N(CCc1ccccc1)Cc1cccs1. The number of hydrogen-bond donors (Lipinski definition) is 0. The summed E-state index contributed by atoms with van der Waals surface area (Å²) in [6.45, 7) is 1.60. The van der Waals surface area contributed by atoms with Crippen molar-refractivity contribution in [3.8, 4) is 5.75 Å². The summed E-state index contributed by atoms with van der Waals surface area (Å²) in [6.07, 6.45) is 1.08. The van der Waals surface area contributed by atoms with Crippen LogP contribution in [0.5, 0.6) is 5.75 Å². The van der Waals surface area contributed by atoms with E-state index in [1.54, 1.807) is 16.2 Å². The van der Waals surface area contributed by atoms with Gasteiger partial charge in [-0.1, -0.05) is 48.5 Å². The quantitative estimate of drug-likeness (QED) is 0.550. The van der Waals surface area contributed by atoms with E-state index in [-0.39, 0.29) is 24.8 Å². The molecule has 3 aromatic rings. The Bertz CT molecular complexity index is 989. The molecule has 2 amide bonds. The number of ether oxygens (including phenoxy) is 1. The lowest BCUT2D eigenvalue weighted by Crippen LogP contribution is -2.42. The van der Waals surface area contributed by atoms with Gasteiger partial charge in [0.1, 0.15) is 5.75 Å². The maximum atomic E-state index is 13.1. The van der Waals surface area contributed by atoms with Crippen molar-refractivity contribution in [2.24, 2.45) is 0 Å². The molecule has 30 heavy (non-hydrogen) atoms.